The van der Waals surface area contributed by atoms with Crippen molar-refractivity contribution in [3.8, 4) is 5.75 Å². The van der Waals surface area contributed by atoms with Crippen LogP contribution in [-0.4, -0.2) is 26.3 Å². The van der Waals surface area contributed by atoms with Gasteiger partial charge in [-0.3, -0.25) is 0 Å². The van der Waals surface area contributed by atoms with Crippen LogP contribution in [0.2, 0.25) is 0 Å². The molecule has 3 nitrogen and oxygen atoms in total. The van der Waals surface area contributed by atoms with Gasteiger partial charge in [0, 0.05) is 11.6 Å². The van der Waals surface area contributed by atoms with Crippen molar-refractivity contribution < 1.29 is 9.47 Å². The number of nitrogens with one attached hydrogen (secondary N) is 1. The summed E-state index contributed by atoms with van der Waals surface area (Å²) in [7, 11) is 1.74. The summed E-state index contributed by atoms with van der Waals surface area (Å²) in [4.78, 5) is 0. The standard InChI is InChI=1S/C14H19NO2/c1-16-12-6-2-4-10-7-9-17-14(13(10)12)11-5-3-8-15-11/h2,4,6,11,14-15H,3,5,7-9H2,1H3/t11?,14-/m1/s1. The maximum Gasteiger partial charge on any atom is 0.125 e. The minimum absolute atomic E-state index is 0.164. The fourth-order valence-electron chi connectivity index (χ4n) is 2.97. The zero-order valence-electron chi connectivity index (χ0n) is 10.2. The van der Waals surface area contributed by atoms with Gasteiger partial charge in [-0.25, -0.2) is 0 Å². The first-order valence-electron chi connectivity index (χ1n) is 6.41. The summed E-state index contributed by atoms with van der Waals surface area (Å²) in [5.41, 5.74) is 2.65. The number of benzene rings is 1. The second-order valence-corrected chi connectivity index (χ2v) is 4.78. The zero-order chi connectivity index (χ0) is 11.7. The van der Waals surface area contributed by atoms with Gasteiger partial charge in [-0.2, -0.15) is 0 Å². The Bertz CT molecular complexity index is 385. The van der Waals surface area contributed by atoms with Crippen LogP contribution in [0.4, 0.5) is 0 Å². The molecule has 2 heterocycles. The molecule has 0 aromatic heterocycles. The van der Waals surface area contributed by atoms with Gasteiger partial charge >= 0.3 is 0 Å². The molecule has 1 N–H and O–H groups in total. The molecule has 0 aliphatic carbocycles. The smallest absolute Gasteiger partial charge is 0.125 e. The molecule has 0 spiro atoms. The highest BCUT2D eigenvalue weighted by Gasteiger charge is 2.32. The monoisotopic (exact) mass is 233 g/mol. The maximum absolute atomic E-state index is 5.99. The summed E-state index contributed by atoms with van der Waals surface area (Å²) in [6.07, 6.45) is 3.60. The van der Waals surface area contributed by atoms with E-state index in [4.69, 9.17) is 9.47 Å². The molecule has 1 unspecified atom stereocenters. The molecule has 17 heavy (non-hydrogen) atoms. The van der Waals surface area contributed by atoms with Crippen molar-refractivity contribution >= 4 is 0 Å². The van der Waals surface area contributed by atoms with E-state index in [-0.39, 0.29) is 6.10 Å². The van der Waals surface area contributed by atoms with Gasteiger partial charge in [-0.05, 0) is 37.4 Å². The van der Waals surface area contributed by atoms with Gasteiger partial charge in [0.25, 0.3) is 0 Å². The SMILES string of the molecule is COc1cccc2c1[C@@H](C1CCCN1)OCC2. The van der Waals surface area contributed by atoms with E-state index in [2.05, 4.69) is 17.4 Å². The van der Waals surface area contributed by atoms with Crippen LogP contribution in [0.15, 0.2) is 18.2 Å². The quantitative estimate of drug-likeness (QED) is 0.848. The van der Waals surface area contributed by atoms with Crippen molar-refractivity contribution in [2.24, 2.45) is 0 Å². The highest BCUT2D eigenvalue weighted by Crippen LogP contribution is 2.38. The Morgan fingerprint density at radius 2 is 2.35 bits per heavy atom. The van der Waals surface area contributed by atoms with E-state index in [0.717, 1.165) is 25.3 Å². The normalized spacial score (nSPS) is 27.8. The molecular weight excluding hydrogens is 214 g/mol. The lowest BCUT2D eigenvalue weighted by Crippen LogP contribution is -2.34. The predicted octanol–water partition coefficient (Wildman–Crippen LogP) is 2.06. The molecule has 0 bridgehead atoms. The van der Waals surface area contributed by atoms with E-state index in [9.17, 15) is 0 Å². The Morgan fingerprint density at radius 1 is 1.41 bits per heavy atom. The van der Waals surface area contributed by atoms with Crippen LogP contribution in [0.1, 0.15) is 30.1 Å². The molecular formula is C14H19NO2. The number of fused-ring (bicyclic) bond motifs is 1. The van der Waals surface area contributed by atoms with Gasteiger partial charge in [0.2, 0.25) is 0 Å². The van der Waals surface area contributed by atoms with Crippen LogP contribution < -0.4 is 10.1 Å². The minimum atomic E-state index is 0.164. The molecule has 2 atom stereocenters. The topological polar surface area (TPSA) is 30.5 Å². The second-order valence-electron chi connectivity index (χ2n) is 4.78. The number of hydrogen-bond donors (Lipinski definition) is 1. The van der Waals surface area contributed by atoms with Crippen molar-refractivity contribution in [1.29, 1.82) is 0 Å². The van der Waals surface area contributed by atoms with Crippen molar-refractivity contribution in [2.75, 3.05) is 20.3 Å². The van der Waals surface area contributed by atoms with E-state index in [1.165, 1.54) is 24.0 Å². The van der Waals surface area contributed by atoms with E-state index >= 15 is 0 Å². The Morgan fingerprint density at radius 3 is 3.12 bits per heavy atom. The minimum Gasteiger partial charge on any atom is -0.496 e. The third kappa shape index (κ3) is 1.94. The summed E-state index contributed by atoms with van der Waals surface area (Å²) < 4.78 is 11.5. The Balaban J connectivity index is 1.99. The Labute approximate surface area is 102 Å². The number of ether oxygens (including phenoxy) is 2. The van der Waals surface area contributed by atoms with Gasteiger partial charge in [0.15, 0.2) is 0 Å². The van der Waals surface area contributed by atoms with Gasteiger partial charge in [-0.1, -0.05) is 12.1 Å². The first kappa shape index (κ1) is 11.1. The third-order valence-corrected chi connectivity index (χ3v) is 3.79. The highest BCUT2D eigenvalue weighted by atomic mass is 16.5. The van der Waals surface area contributed by atoms with Crippen LogP contribution in [-0.2, 0) is 11.2 Å². The van der Waals surface area contributed by atoms with E-state index < -0.39 is 0 Å². The Hall–Kier alpha value is -1.06. The lowest BCUT2D eigenvalue weighted by Gasteiger charge is -2.31. The highest BCUT2D eigenvalue weighted by molar-refractivity contribution is 5.44. The third-order valence-electron chi connectivity index (χ3n) is 3.79. The molecule has 3 rings (SSSR count). The molecule has 1 saturated heterocycles. The summed E-state index contributed by atoms with van der Waals surface area (Å²) in [5.74, 6) is 0.973. The van der Waals surface area contributed by atoms with Crippen molar-refractivity contribution in [2.45, 2.75) is 31.4 Å². The molecule has 0 radical (unpaired) electrons. The summed E-state index contributed by atoms with van der Waals surface area (Å²) >= 11 is 0. The van der Waals surface area contributed by atoms with Crippen LogP contribution in [0.5, 0.6) is 5.75 Å². The summed E-state index contributed by atoms with van der Waals surface area (Å²) in [6, 6.07) is 6.75. The van der Waals surface area contributed by atoms with Crippen LogP contribution in [0.3, 0.4) is 0 Å². The van der Waals surface area contributed by atoms with Crippen LogP contribution in [0.25, 0.3) is 0 Å². The molecule has 3 heteroatoms. The summed E-state index contributed by atoms with van der Waals surface area (Å²) in [5, 5.41) is 3.54. The molecule has 1 aromatic carbocycles. The molecule has 0 amide bonds. The van der Waals surface area contributed by atoms with Crippen molar-refractivity contribution in [3.63, 3.8) is 0 Å². The number of rotatable bonds is 2. The van der Waals surface area contributed by atoms with Crippen molar-refractivity contribution in [1.82, 2.24) is 5.32 Å². The Kier molecular flexibility index (Phi) is 3.04. The average molecular weight is 233 g/mol. The zero-order valence-corrected chi connectivity index (χ0v) is 10.2. The first-order chi connectivity index (χ1) is 8.40. The van der Waals surface area contributed by atoms with E-state index in [0.29, 0.717) is 6.04 Å². The van der Waals surface area contributed by atoms with E-state index in [1.54, 1.807) is 7.11 Å². The summed E-state index contributed by atoms with van der Waals surface area (Å²) in [6.45, 7) is 1.93. The van der Waals surface area contributed by atoms with Gasteiger partial charge in [0.1, 0.15) is 11.9 Å². The number of hydrogen-bond acceptors (Lipinski definition) is 3. The first-order valence-corrected chi connectivity index (χ1v) is 6.41. The molecule has 2 aliphatic rings. The van der Waals surface area contributed by atoms with Gasteiger partial charge in [-0.15, -0.1) is 0 Å². The van der Waals surface area contributed by atoms with Crippen molar-refractivity contribution in [3.05, 3.63) is 29.3 Å². The molecule has 1 aromatic rings. The van der Waals surface area contributed by atoms with Gasteiger partial charge in [0.05, 0.1) is 13.7 Å². The fourth-order valence-corrected chi connectivity index (χ4v) is 2.97. The molecule has 92 valence electrons. The predicted molar refractivity (Wildman–Crippen MR) is 66.4 cm³/mol. The lowest BCUT2D eigenvalue weighted by atomic mass is 9.91. The lowest BCUT2D eigenvalue weighted by molar-refractivity contribution is 0.0182. The van der Waals surface area contributed by atoms with E-state index in [1.807, 2.05) is 6.07 Å². The molecule has 0 saturated carbocycles. The van der Waals surface area contributed by atoms with Gasteiger partial charge < -0.3 is 14.8 Å². The maximum atomic E-state index is 5.99. The number of methoxy groups -OCH3 is 1. The molecule has 1 fully saturated rings. The van der Waals surface area contributed by atoms with Crippen LogP contribution >= 0.6 is 0 Å². The van der Waals surface area contributed by atoms with Crippen LogP contribution in [0, 0.1) is 0 Å². The average Bonchev–Trinajstić information content (AvgIpc) is 2.91. The fraction of sp³-hybridized carbons (Fsp3) is 0.571. The molecule has 2 aliphatic heterocycles. The second kappa shape index (κ2) is 4.67. The largest absolute Gasteiger partial charge is 0.496 e.